The van der Waals surface area contributed by atoms with Crippen LogP contribution in [-0.4, -0.2) is 44.3 Å². The third kappa shape index (κ3) is 5.12. The van der Waals surface area contributed by atoms with Crippen LogP contribution in [0.1, 0.15) is 34.1 Å². The van der Waals surface area contributed by atoms with E-state index < -0.39 is 0 Å². The molecule has 1 atom stereocenters. The van der Waals surface area contributed by atoms with Gasteiger partial charge < -0.3 is 15.4 Å². The Morgan fingerprint density at radius 3 is 2.47 bits per heavy atom. The van der Waals surface area contributed by atoms with E-state index in [9.17, 15) is 0 Å². The summed E-state index contributed by atoms with van der Waals surface area (Å²) in [6.07, 6.45) is 1.11. The third-order valence-electron chi connectivity index (χ3n) is 3.58. The SMILES string of the molecule is COCC(C)(C)CN1CCC(N)C(C)(C)C1.Cl. The molecule has 1 rings (SSSR count). The van der Waals surface area contributed by atoms with E-state index in [-0.39, 0.29) is 23.2 Å². The Balaban J connectivity index is 0.00000256. The number of nitrogens with two attached hydrogens (primary N) is 1. The molecule has 0 aromatic carbocycles. The first-order valence-corrected chi connectivity index (χ1v) is 6.24. The van der Waals surface area contributed by atoms with Crippen LogP contribution >= 0.6 is 12.4 Å². The molecule has 1 saturated heterocycles. The normalized spacial score (nSPS) is 25.4. The second-order valence-electron chi connectivity index (χ2n) is 6.69. The lowest BCUT2D eigenvalue weighted by Crippen LogP contribution is -2.54. The fourth-order valence-corrected chi connectivity index (χ4v) is 2.66. The topological polar surface area (TPSA) is 38.5 Å². The number of piperidine rings is 1. The molecule has 0 amide bonds. The molecule has 0 aromatic heterocycles. The summed E-state index contributed by atoms with van der Waals surface area (Å²) in [4.78, 5) is 2.53. The van der Waals surface area contributed by atoms with Gasteiger partial charge in [0.25, 0.3) is 0 Å². The molecule has 0 bridgehead atoms. The molecule has 3 nitrogen and oxygen atoms in total. The molecular formula is C13H29ClN2O. The van der Waals surface area contributed by atoms with Gasteiger partial charge in [-0.25, -0.2) is 0 Å². The summed E-state index contributed by atoms with van der Waals surface area (Å²) < 4.78 is 5.27. The first-order valence-electron chi connectivity index (χ1n) is 6.24. The predicted molar refractivity (Wildman–Crippen MR) is 75.7 cm³/mol. The van der Waals surface area contributed by atoms with E-state index in [0.29, 0.717) is 6.04 Å². The number of hydrogen-bond donors (Lipinski definition) is 1. The van der Waals surface area contributed by atoms with Crippen molar-refractivity contribution in [3.8, 4) is 0 Å². The molecule has 1 aliphatic rings. The van der Waals surface area contributed by atoms with Gasteiger partial charge in [-0.2, -0.15) is 0 Å². The minimum atomic E-state index is 0. The molecule has 1 fully saturated rings. The van der Waals surface area contributed by atoms with Crippen molar-refractivity contribution in [1.82, 2.24) is 4.90 Å². The van der Waals surface area contributed by atoms with Crippen molar-refractivity contribution < 1.29 is 4.74 Å². The molecule has 0 spiro atoms. The van der Waals surface area contributed by atoms with Crippen molar-refractivity contribution in [2.45, 2.75) is 40.2 Å². The van der Waals surface area contributed by atoms with E-state index in [0.717, 1.165) is 32.7 Å². The van der Waals surface area contributed by atoms with Crippen molar-refractivity contribution in [3.05, 3.63) is 0 Å². The highest BCUT2D eigenvalue weighted by Crippen LogP contribution is 2.29. The summed E-state index contributed by atoms with van der Waals surface area (Å²) in [5, 5.41) is 0. The summed E-state index contributed by atoms with van der Waals surface area (Å²) in [5.41, 5.74) is 6.61. The standard InChI is InChI=1S/C13H28N2O.ClH/c1-12(2,10-16-5)8-15-7-6-11(14)13(3,4)9-15;/h11H,6-10,14H2,1-5H3;1H. The number of hydrogen-bond acceptors (Lipinski definition) is 3. The Bertz CT molecular complexity index is 231. The minimum Gasteiger partial charge on any atom is -0.384 e. The highest BCUT2D eigenvalue weighted by molar-refractivity contribution is 5.85. The molecule has 4 heteroatoms. The maximum absolute atomic E-state index is 6.15. The first kappa shape index (κ1) is 17.2. The van der Waals surface area contributed by atoms with Crippen molar-refractivity contribution in [2.24, 2.45) is 16.6 Å². The molecule has 1 unspecified atom stereocenters. The lowest BCUT2D eigenvalue weighted by Gasteiger charge is -2.45. The van der Waals surface area contributed by atoms with Gasteiger partial charge in [0.05, 0.1) is 6.61 Å². The molecule has 17 heavy (non-hydrogen) atoms. The molecule has 0 saturated carbocycles. The van der Waals surface area contributed by atoms with E-state index in [4.69, 9.17) is 10.5 Å². The van der Waals surface area contributed by atoms with Crippen LogP contribution in [0.15, 0.2) is 0 Å². The lowest BCUT2D eigenvalue weighted by atomic mass is 9.79. The molecular weight excluding hydrogens is 236 g/mol. The average molecular weight is 265 g/mol. The largest absolute Gasteiger partial charge is 0.384 e. The smallest absolute Gasteiger partial charge is 0.0525 e. The van der Waals surface area contributed by atoms with Crippen molar-refractivity contribution in [1.29, 1.82) is 0 Å². The zero-order valence-electron chi connectivity index (χ0n) is 12.0. The number of ether oxygens (including phenoxy) is 1. The van der Waals surface area contributed by atoms with Gasteiger partial charge in [0.2, 0.25) is 0 Å². The van der Waals surface area contributed by atoms with Crippen LogP contribution in [-0.2, 0) is 4.74 Å². The zero-order valence-corrected chi connectivity index (χ0v) is 12.8. The van der Waals surface area contributed by atoms with Gasteiger partial charge in [-0.05, 0) is 18.4 Å². The Labute approximate surface area is 112 Å². The molecule has 104 valence electrons. The summed E-state index contributed by atoms with van der Waals surface area (Å²) >= 11 is 0. The van der Waals surface area contributed by atoms with E-state index in [1.54, 1.807) is 7.11 Å². The fraction of sp³-hybridized carbons (Fsp3) is 1.00. The Kier molecular flexibility index (Phi) is 6.43. The quantitative estimate of drug-likeness (QED) is 0.846. The number of rotatable bonds is 4. The zero-order chi connectivity index (χ0) is 12.4. The maximum Gasteiger partial charge on any atom is 0.0525 e. The van der Waals surface area contributed by atoms with Crippen LogP contribution in [0, 0.1) is 10.8 Å². The summed E-state index contributed by atoms with van der Waals surface area (Å²) in [5.74, 6) is 0. The van der Waals surface area contributed by atoms with Gasteiger partial charge in [-0.15, -0.1) is 12.4 Å². The molecule has 0 radical (unpaired) electrons. The van der Waals surface area contributed by atoms with Crippen molar-refractivity contribution in [2.75, 3.05) is 33.4 Å². The van der Waals surface area contributed by atoms with Gasteiger partial charge >= 0.3 is 0 Å². The Morgan fingerprint density at radius 1 is 1.41 bits per heavy atom. The number of halogens is 1. The fourth-order valence-electron chi connectivity index (χ4n) is 2.66. The Morgan fingerprint density at radius 2 is 2.00 bits per heavy atom. The average Bonchev–Trinajstić information content (AvgIpc) is 2.10. The van der Waals surface area contributed by atoms with Gasteiger partial charge in [0, 0.05) is 31.7 Å². The molecule has 1 heterocycles. The Hall–Kier alpha value is 0.170. The molecule has 2 N–H and O–H groups in total. The first-order chi connectivity index (χ1) is 7.27. The van der Waals surface area contributed by atoms with Crippen molar-refractivity contribution in [3.63, 3.8) is 0 Å². The van der Waals surface area contributed by atoms with E-state index >= 15 is 0 Å². The lowest BCUT2D eigenvalue weighted by molar-refractivity contribution is 0.0300. The highest BCUT2D eigenvalue weighted by Gasteiger charge is 2.35. The van der Waals surface area contributed by atoms with E-state index in [1.165, 1.54) is 0 Å². The van der Waals surface area contributed by atoms with Gasteiger partial charge in [-0.1, -0.05) is 27.7 Å². The number of likely N-dealkylation sites (tertiary alicyclic amines) is 1. The van der Waals surface area contributed by atoms with Crippen LogP contribution in [0.4, 0.5) is 0 Å². The summed E-state index contributed by atoms with van der Waals surface area (Å²) in [6, 6.07) is 0.342. The van der Waals surface area contributed by atoms with Crippen LogP contribution in [0.5, 0.6) is 0 Å². The second kappa shape index (κ2) is 6.37. The minimum absolute atomic E-state index is 0. The van der Waals surface area contributed by atoms with Crippen LogP contribution in [0.25, 0.3) is 0 Å². The summed E-state index contributed by atoms with van der Waals surface area (Å²) in [7, 11) is 1.78. The van der Waals surface area contributed by atoms with E-state index in [1.807, 2.05) is 0 Å². The van der Waals surface area contributed by atoms with Crippen LogP contribution in [0.2, 0.25) is 0 Å². The number of nitrogens with zero attached hydrogens (tertiary/aromatic N) is 1. The maximum atomic E-state index is 6.15. The van der Waals surface area contributed by atoms with Gasteiger partial charge in [0.1, 0.15) is 0 Å². The number of methoxy groups -OCH3 is 1. The van der Waals surface area contributed by atoms with Crippen LogP contribution < -0.4 is 5.73 Å². The molecule has 0 aromatic rings. The predicted octanol–water partition coefficient (Wildman–Crippen LogP) is 2.14. The monoisotopic (exact) mass is 264 g/mol. The third-order valence-corrected chi connectivity index (χ3v) is 3.58. The van der Waals surface area contributed by atoms with Crippen molar-refractivity contribution >= 4 is 12.4 Å². The van der Waals surface area contributed by atoms with Gasteiger partial charge in [0.15, 0.2) is 0 Å². The molecule has 0 aliphatic carbocycles. The molecule has 1 aliphatic heterocycles. The van der Waals surface area contributed by atoms with Gasteiger partial charge in [-0.3, -0.25) is 0 Å². The van der Waals surface area contributed by atoms with E-state index in [2.05, 4.69) is 32.6 Å². The highest BCUT2D eigenvalue weighted by atomic mass is 35.5. The second-order valence-corrected chi connectivity index (χ2v) is 6.69. The summed E-state index contributed by atoms with van der Waals surface area (Å²) in [6.45, 7) is 13.2. The van der Waals surface area contributed by atoms with Crippen LogP contribution in [0.3, 0.4) is 0 Å².